The summed E-state index contributed by atoms with van der Waals surface area (Å²) in [7, 11) is 0. The molecule has 0 saturated heterocycles. The minimum atomic E-state index is -0.338. The Balaban J connectivity index is 2.59. The van der Waals surface area contributed by atoms with Gasteiger partial charge in [0.2, 0.25) is 5.89 Å². The zero-order chi connectivity index (χ0) is 12.0. The molecule has 16 heavy (non-hydrogen) atoms. The van der Waals surface area contributed by atoms with Gasteiger partial charge in [-0.25, -0.2) is 0 Å². The Bertz CT molecular complexity index is 342. The molecule has 0 aromatic carbocycles. The molecule has 0 radical (unpaired) electrons. The number of hydrogen-bond donors (Lipinski definition) is 2. The van der Waals surface area contributed by atoms with Crippen molar-refractivity contribution in [3.8, 4) is 0 Å². The summed E-state index contributed by atoms with van der Waals surface area (Å²) in [4.78, 5) is 15.3. The quantitative estimate of drug-likeness (QED) is 0.760. The molecule has 0 fully saturated rings. The second-order valence-corrected chi connectivity index (χ2v) is 4.19. The zero-order valence-corrected chi connectivity index (χ0v) is 10.2. The van der Waals surface area contributed by atoms with E-state index in [-0.39, 0.29) is 17.8 Å². The Morgan fingerprint density at radius 1 is 1.69 bits per heavy atom. The maximum atomic E-state index is 11.4. The van der Waals surface area contributed by atoms with E-state index in [4.69, 9.17) is 10.3 Å². The van der Waals surface area contributed by atoms with E-state index < -0.39 is 0 Å². The van der Waals surface area contributed by atoms with Crippen LogP contribution in [0.2, 0.25) is 0 Å². The first kappa shape index (κ1) is 13.0. The van der Waals surface area contributed by atoms with Crippen LogP contribution in [0.3, 0.4) is 0 Å². The number of hydrogen-bond acceptors (Lipinski definition) is 6. The number of thioether (sulfide) groups is 1. The van der Waals surface area contributed by atoms with Gasteiger partial charge >= 0.3 is 0 Å². The molecule has 0 aliphatic carbocycles. The molecule has 1 amide bonds. The molecule has 3 N–H and O–H groups in total. The number of carbonyl (C=O) groups excluding carboxylic acids is 1. The number of rotatable bonds is 6. The van der Waals surface area contributed by atoms with Crippen molar-refractivity contribution in [2.24, 2.45) is 5.73 Å². The molecule has 0 saturated carbocycles. The molecule has 90 valence electrons. The van der Waals surface area contributed by atoms with Crippen molar-refractivity contribution < 1.29 is 9.32 Å². The van der Waals surface area contributed by atoms with Crippen LogP contribution in [0.4, 0.5) is 0 Å². The summed E-state index contributed by atoms with van der Waals surface area (Å²) in [6, 6.07) is -0.303. The largest absolute Gasteiger partial charge is 0.349 e. The number of nitrogens with two attached hydrogens (primary N) is 1. The van der Waals surface area contributed by atoms with Gasteiger partial charge in [0.15, 0.2) is 0 Å². The number of nitrogens with one attached hydrogen (secondary N) is 1. The molecule has 7 heteroatoms. The van der Waals surface area contributed by atoms with Crippen molar-refractivity contribution >= 4 is 17.7 Å². The Hall–Kier alpha value is -1.08. The van der Waals surface area contributed by atoms with E-state index >= 15 is 0 Å². The Labute approximate surface area is 98.3 Å². The van der Waals surface area contributed by atoms with Gasteiger partial charge in [-0.2, -0.15) is 16.7 Å². The fraction of sp³-hybridized carbons (Fsp3) is 0.667. The summed E-state index contributed by atoms with van der Waals surface area (Å²) in [5, 5.41) is 6.17. The number of aromatic nitrogens is 2. The summed E-state index contributed by atoms with van der Waals surface area (Å²) in [5.41, 5.74) is 5.83. The highest BCUT2D eigenvalue weighted by molar-refractivity contribution is 7.98. The third-order valence-electron chi connectivity index (χ3n) is 1.93. The SMILES string of the molecule is CCNC(=O)c1noc([C@H](N)CCSC)n1. The average Bonchev–Trinajstić information content (AvgIpc) is 2.75. The molecule has 1 aromatic rings. The molecule has 0 bridgehead atoms. The molecule has 0 aliphatic heterocycles. The van der Waals surface area contributed by atoms with Crippen LogP contribution in [0.1, 0.15) is 35.9 Å². The third kappa shape index (κ3) is 3.49. The Kier molecular flexibility index (Phi) is 5.27. The maximum absolute atomic E-state index is 11.4. The van der Waals surface area contributed by atoms with E-state index in [0.717, 1.165) is 12.2 Å². The van der Waals surface area contributed by atoms with Crippen molar-refractivity contribution in [3.63, 3.8) is 0 Å². The van der Waals surface area contributed by atoms with Crippen molar-refractivity contribution in [2.45, 2.75) is 19.4 Å². The summed E-state index contributed by atoms with van der Waals surface area (Å²) in [6.45, 7) is 2.35. The van der Waals surface area contributed by atoms with Crippen LogP contribution in [0, 0.1) is 0 Å². The zero-order valence-electron chi connectivity index (χ0n) is 9.40. The molecular weight excluding hydrogens is 228 g/mol. The minimum Gasteiger partial charge on any atom is -0.349 e. The fourth-order valence-corrected chi connectivity index (χ4v) is 1.58. The van der Waals surface area contributed by atoms with Crippen molar-refractivity contribution in [1.82, 2.24) is 15.5 Å². The van der Waals surface area contributed by atoms with E-state index in [1.807, 2.05) is 13.2 Å². The molecule has 1 rings (SSSR count). The van der Waals surface area contributed by atoms with Crippen LogP contribution in [-0.4, -0.2) is 34.6 Å². The first-order chi connectivity index (χ1) is 7.69. The Morgan fingerprint density at radius 2 is 2.44 bits per heavy atom. The molecule has 1 aromatic heterocycles. The van der Waals surface area contributed by atoms with E-state index in [1.54, 1.807) is 11.8 Å². The van der Waals surface area contributed by atoms with Gasteiger partial charge in [0.25, 0.3) is 11.7 Å². The predicted molar refractivity (Wildman–Crippen MR) is 62.2 cm³/mol. The summed E-state index contributed by atoms with van der Waals surface area (Å²) >= 11 is 1.70. The van der Waals surface area contributed by atoms with Crippen LogP contribution in [-0.2, 0) is 0 Å². The molecular formula is C9H16N4O2S. The van der Waals surface area contributed by atoms with Gasteiger partial charge in [-0.3, -0.25) is 4.79 Å². The Morgan fingerprint density at radius 3 is 3.06 bits per heavy atom. The van der Waals surface area contributed by atoms with Crippen molar-refractivity contribution in [1.29, 1.82) is 0 Å². The van der Waals surface area contributed by atoms with Crippen LogP contribution in [0.15, 0.2) is 4.52 Å². The predicted octanol–water partition coefficient (Wildman–Crippen LogP) is 0.572. The third-order valence-corrected chi connectivity index (χ3v) is 2.58. The van der Waals surface area contributed by atoms with E-state index in [1.165, 1.54) is 0 Å². The number of nitrogens with zero attached hydrogens (tertiary/aromatic N) is 2. The lowest BCUT2D eigenvalue weighted by Crippen LogP contribution is -2.24. The number of amides is 1. The highest BCUT2D eigenvalue weighted by atomic mass is 32.2. The molecule has 1 heterocycles. The molecule has 0 spiro atoms. The van der Waals surface area contributed by atoms with Crippen LogP contribution < -0.4 is 11.1 Å². The van der Waals surface area contributed by atoms with Gasteiger partial charge in [-0.1, -0.05) is 5.16 Å². The molecule has 0 aliphatic rings. The summed E-state index contributed by atoms with van der Waals surface area (Å²) < 4.78 is 4.93. The first-order valence-corrected chi connectivity index (χ1v) is 6.44. The lowest BCUT2D eigenvalue weighted by atomic mass is 10.2. The van der Waals surface area contributed by atoms with Gasteiger partial charge in [0, 0.05) is 6.54 Å². The topological polar surface area (TPSA) is 94.0 Å². The normalized spacial score (nSPS) is 12.4. The second kappa shape index (κ2) is 6.49. The lowest BCUT2D eigenvalue weighted by molar-refractivity contribution is 0.0942. The fourth-order valence-electron chi connectivity index (χ4n) is 1.09. The van der Waals surface area contributed by atoms with Crippen molar-refractivity contribution in [2.75, 3.05) is 18.6 Å². The van der Waals surface area contributed by atoms with E-state index in [9.17, 15) is 4.79 Å². The van der Waals surface area contributed by atoms with Crippen LogP contribution in [0.25, 0.3) is 0 Å². The van der Waals surface area contributed by atoms with E-state index in [0.29, 0.717) is 12.4 Å². The van der Waals surface area contributed by atoms with Gasteiger partial charge in [-0.15, -0.1) is 0 Å². The maximum Gasteiger partial charge on any atom is 0.292 e. The monoisotopic (exact) mass is 244 g/mol. The van der Waals surface area contributed by atoms with Crippen LogP contribution in [0.5, 0.6) is 0 Å². The molecule has 6 nitrogen and oxygen atoms in total. The smallest absolute Gasteiger partial charge is 0.292 e. The van der Waals surface area contributed by atoms with Gasteiger partial charge in [-0.05, 0) is 25.4 Å². The first-order valence-electron chi connectivity index (χ1n) is 5.05. The average molecular weight is 244 g/mol. The van der Waals surface area contributed by atoms with Gasteiger partial charge in [0.05, 0.1) is 6.04 Å². The minimum absolute atomic E-state index is 0.0384. The molecule has 0 unspecified atom stereocenters. The lowest BCUT2D eigenvalue weighted by Gasteiger charge is -2.03. The van der Waals surface area contributed by atoms with E-state index in [2.05, 4.69) is 15.5 Å². The van der Waals surface area contributed by atoms with Gasteiger partial charge < -0.3 is 15.6 Å². The highest BCUT2D eigenvalue weighted by Gasteiger charge is 2.18. The highest BCUT2D eigenvalue weighted by Crippen LogP contribution is 2.13. The number of carbonyl (C=O) groups is 1. The second-order valence-electron chi connectivity index (χ2n) is 3.20. The van der Waals surface area contributed by atoms with Gasteiger partial charge in [0.1, 0.15) is 0 Å². The standard InChI is InChI=1S/C9H16N4O2S/c1-3-11-8(14)7-12-9(15-13-7)6(10)4-5-16-2/h6H,3-5,10H2,1-2H3,(H,11,14)/t6-/m1/s1. The summed E-state index contributed by atoms with van der Waals surface area (Å²) in [5.74, 6) is 0.932. The summed E-state index contributed by atoms with van der Waals surface area (Å²) in [6.07, 6.45) is 2.75. The van der Waals surface area contributed by atoms with Crippen molar-refractivity contribution in [3.05, 3.63) is 11.7 Å². The van der Waals surface area contributed by atoms with Crippen LogP contribution >= 0.6 is 11.8 Å². The molecule has 1 atom stereocenters.